The maximum absolute atomic E-state index is 5.89. The van der Waals surface area contributed by atoms with Gasteiger partial charge in [0.2, 0.25) is 0 Å². The summed E-state index contributed by atoms with van der Waals surface area (Å²) in [6.45, 7) is 2.63. The van der Waals surface area contributed by atoms with Crippen LogP contribution in [-0.4, -0.2) is 4.98 Å². The fraction of sp³-hybridized carbons (Fsp3) is 0.125. The number of nitrogens with one attached hydrogen (secondary N) is 1. The van der Waals surface area contributed by atoms with Crippen molar-refractivity contribution in [3.63, 3.8) is 0 Å². The number of para-hydroxylation sites is 1. The molecule has 1 heterocycles. The average Bonchev–Trinajstić information content (AvgIpc) is 2.80. The van der Waals surface area contributed by atoms with Gasteiger partial charge in [-0.05, 0) is 30.7 Å². The Morgan fingerprint density at radius 1 is 1.16 bits per heavy atom. The lowest BCUT2D eigenvalue weighted by Crippen LogP contribution is -1.95. The van der Waals surface area contributed by atoms with E-state index in [9.17, 15) is 0 Å². The first-order chi connectivity index (χ1) is 9.24. The summed E-state index contributed by atoms with van der Waals surface area (Å²) in [5.74, 6) is 0.939. The lowest BCUT2D eigenvalue weighted by molar-refractivity contribution is 0.305. The van der Waals surface area contributed by atoms with Crippen molar-refractivity contribution >= 4 is 26.8 Å². The van der Waals surface area contributed by atoms with E-state index in [0.29, 0.717) is 6.61 Å². The van der Waals surface area contributed by atoms with E-state index >= 15 is 0 Å². The molecule has 0 saturated carbocycles. The Labute approximate surface area is 120 Å². The summed E-state index contributed by atoms with van der Waals surface area (Å²) in [6.07, 6.45) is 2.01. The molecule has 0 aliphatic carbocycles. The summed E-state index contributed by atoms with van der Waals surface area (Å²) in [5.41, 5.74) is 3.45. The molecule has 19 heavy (non-hydrogen) atoms. The molecule has 3 aromatic rings. The Kier molecular flexibility index (Phi) is 3.30. The molecule has 0 atom stereocenters. The highest BCUT2D eigenvalue weighted by Gasteiger charge is 2.05. The monoisotopic (exact) mass is 315 g/mol. The summed E-state index contributed by atoms with van der Waals surface area (Å²) < 4.78 is 6.96. The lowest BCUT2D eigenvalue weighted by atomic mass is 10.2. The van der Waals surface area contributed by atoms with Crippen LogP contribution in [0.5, 0.6) is 5.75 Å². The average molecular weight is 316 g/mol. The predicted octanol–water partition coefficient (Wildman–Crippen LogP) is 4.82. The molecule has 0 amide bonds. The maximum atomic E-state index is 5.89. The highest BCUT2D eigenvalue weighted by molar-refractivity contribution is 9.10. The molecule has 1 N–H and O–H groups in total. The summed E-state index contributed by atoms with van der Waals surface area (Å²) in [4.78, 5) is 3.27. The molecule has 0 saturated heterocycles. The van der Waals surface area contributed by atoms with E-state index in [1.54, 1.807) is 0 Å². The molecule has 2 nitrogen and oxygen atoms in total. The largest absolute Gasteiger partial charge is 0.489 e. The third-order valence-electron chi connectivity index (χ3n) is 3.21. The van der Waals surface area contributed by atoms with E-state index in [1.165, 1.54) is 10.9 Å². The smallest absolute Gasteiger partial charge is 0.122 e. The van der Waals surface area contributed by atoms with Crippen LogP contribution in [0.2, 0.25) is 0 Å². The van der Waals surface area contributed by atoms with E-state index in [1.807, 2.05) is 30.5 Å². The van der Waals surface area contributed by atoms with Crippen LogP contribution < -0.4 is 4.74 Å². The highest BCUT2D eigenvalue weighted by atomic mass is 79.9. The molecule has 0 bridgehead atoms. The van der Waals surface area contributed by atoms with Crippen LogP contribution in [0.3, 0.4) is 0 Å². The second-order valence-corrected chi connectivity index (χ2v) is 5.47. The van der Waals surface area contributed by atoms with Gasteiger partial charge >= 0.3 is 0 Å². The van der Waals surface area contributed by atoms with Crippen LogP contribution in [0.4, 0.5) is 0 Å². The first kappa shape index (κ1) is 12.3. The predicted molar refractivity (Wildman–Crippen MR) is 81.5 cm³/mol. The van der Waals surface area contributed by atoms with Crippen LogP contribution in [0.25, 0.3) is 10.9 Å². The van der Waals surface area contributed by atoms with Crippen molar-refractivity contribution in [1.29, 1.82) is 0 Å². The molecule has 0 radical (unpaired) electrons. The van der Waals surface area contributed by atoms with Gasteiger partial charge < -0.3 is 9.72 Å². The number of hydrogen-bond donors (Lipinski definition) is 1. The van der Waals surface area contributed by atoms with Gasteiger partial charge in [-0.2, -0.15) is 0 Å². The van der Waals surface area contributed by atoms with E-state index in [-0.39, 0.29) is 0 Å². The van der Waals surface area contributed by atoms with Crippen molar-refractivity contribution in [2.45, 2.75) is 13.5 Å². The minimum absolute atomic E-state index is 0.576. The molecule has 2 aromatic carbocycles. The number of halogens is 1. The van der Waals surface area contributed by atoms with Gasteiger partial charge in [-0.25, -0.2) is 0 Å². The fourth-order valence-corrected chi connectivity index (χ4v) is 2.51. The SMILES string of the molecule is Cc1ccccc1OCc1c[nH]c2cc(Br)ccc12. The standard InChI is InChI=1S/C16H14BrNO/c1-11-4-2-3-5-16(11)19-10-12-9-18-15-8-13(17)6-7-14(12)15/h2-9,18H,10H2,1H3. The van der Waals surface area contributed by atoms with Crippen molar-refractivity contribution in [3.05, 3.63) is 64.3 Å². The fourth-order valence-electron chi connectivity index (χ4n) is 2.15. The molecule has 0 unspecified atom stereocenters. The lowest BCUT2D eigenvalue weighted by Gasteiger charge is -2.08. The summed E-state index contributed by atoms with van der Waals surface area (Å²) in [6, 6.07) is 14.3. The number of aromatic nitrogens is 1. The summed E-state index contributed by atoms with van der Waals surface area (Å²) in [5, 5.41) is 1.21. The van der Waals surface area contributed by atoms with E-state index in [4.69, 9.17) is 4.74 Å². The van der Waals surface area contributed by atoms with Gasteiger partial charge in [0.15, 0.2) is 0 Å². The topological polar surface area (TPSA) is 25.0 Å². The van der Waals surface area contributed by atoms with Gasteiger partial charge in [-0.15, -0.1) is 0 Å². The highest BCUT2D eigenvalue weighted by Crippen LogP contribution is 2.24. The maximum Gasteiger partial charge on any atom is 0.122 e. The van der Waals surface area contributed by atoms with Gasteiger partial charge in [-0.1, -0.05) is 40.2 Å². The molecule has 3 rings (SSSR count). The number of rotatable bonds is 3. The van der Waals surface area contributed by atoms with Crippen molar-refractivity contribution in [1.82, 2.24) is 4.98 Å². The van der Waals surface area contributed by atoms with Crippen LogP contribution in [0.15, 0.2) is 53.1 Å². The van der Waals surface area contributed by atoms with Crippen LogP contribution in [-0.2, 0) is 6.61 Å². The molecule has 96 valence electrons. The quantitative estimate of drug-likeness (QED) is 0.736. The van der Waals surface area contributed by atoms with Gasteiger partial charge in [0.05, 0.1) is 0 Å². The molecule has 0 spiro atoms. The third kappa shape index (κ3) is 2.51. The van der Waals surface area contributed by atoms with E-state index in [0.717, 1.165) is 21.3 Å². The number of fused-ring (bicyclic) bond motifs is 1. The molecular formula is C16H14BrNO. The van der Waals surface area contributed by atoms with E-state index in [2.05, 4.69) is 46.0 Å². The number of benzene rings is 2. The normalized spacial score (nSPS) is 10.8. The van der Waals surface area contributed by atoms with Crippen LogP contribution in [0.1, 0.15) is 11.1 Å². The van der Waals surface area contributed by atoms with Crippen molar-refractivity contribution < 1.29 is 4.74 Å². The van der Waals surface area contributed by atoms with Crippen LogP contribution >= 0.6 is 15.9 Å². The summed E-state index contributed by atoms with van der Waals surface area (Å²) >= 11 is 3.48. The molecule has 3 heteroatoms. The molecule has 0 aliphatic heterocycles. The Morgan fingerprint density at radius 3 is 2.84 bits per heavy atom. The first-order valence-corrected chi connectivity index (χ1v) is 6.97. The molecule has 0 aliphatic rings. The van der Waals surface area contributed by atoms with Crippen molar-refractivity contribution in [3.8, 4) is 5.75 Å². The second-order valence-electron chi connectivity index (χ2n) is 4.56. The number of ether oxygens (including phenoxy) is 1. The zero-order valence-electron chi connectivity index (χ0n) is 10.6. The Balaban J connectivity index is 1.84. The van der Waals surface area contributed by atoms with Gasteiger partial charge in [-0.3, -0.25) is 0 Å². The van der Waals surface area contributed by atoms with Crippen molar-refractivity contribution in [2.24, 2.45) is 0 Å². The molecule has 0 fully saturated rings. The Bertz CT molecular complexity index is 718. The minimum Gasteiger partial charge on any atom is -0.489 e. The molecular weight excluding hydrogens is 302 g/mol. The number of H-pyrrole nitrogens is 1. The second kappa shape index (κ2) is 5.10. The zero-order valence-corrected chi connectivity index (χ0v) is 12.2. The van der Waals surface area contributed by atoms with Gasteiger partial charge in [0.1, 0.15) is 12.4 Å². The van der Waals surface area contributed by atoms with Crippen molar-refractivity contribution in [2.75, 3.05) is 0 Å². The summed E-state index contributed by atoms with van der Waals surface area (Å²) in [7, 11) is 0. The Morgan fingerprint density at radius 2 is 2.00 bits per heavy atom. The molecule has 1 aromatic heterocycles. The van der Waals surface area contributed by atoms with Crippen LogP contribution in [0, 0.1) is 6.92 Å². The number of hydrogen-bond acceptors (Lipinski definition) is 1. The minimum atomic E-state index is 0.576. The zero-order chi connectivity index (χ0) is 13.2. The number of aromatic amines is 1. The first-order valence-electron chi connectivity index (χ1n) is 6.18. The third-order valence-corrected chi connectivity index (χ3v) is 3.70. The number of aryl methyl sites for hydroxylation is 1. The van der Waals surface area contributed by atoms with E-state index < -0.39 is 0 Å². The van der Waals surface area contributed by atoms with Gasteiger partial charge in [0.25, 0.3) is 0 Å². The Hall–Kier alpha value is -1.74. The van der Waals surface area contributed by atoms with Gasteiger partial charge in [0, 0.05) is 27.1 Å².